The number of aliphatic hydroxyl groups is 1. The maximum Gasteiger partial charge on any atom is 0.337 e. The van der Waals surface area contributed by atoms with E-state index in [4.69, 9.17) is 5.11 Å². The molecule has 0 bridgehead atoms. The Hall–Kier alpha value is -2.93. The molecule has 2 atom stereocenters. The molecule has 0 aliphatic carbocycles. The lowest BCUT2D eigenvalue weighted by molar-refractivity contribution is -0.156. The van der Waals surface area contributed by atoms with Crippen LogP contribution in [-0.4, -0.2) is 46.2 Å². The number of carbonyl (C=O) groups excluding carboxylic acids is 2. The van der Waals surface area contributed by atoms with Crippen LogP contribution in [0.5, 0.6) is 0 Å². The summed E-state index contributed by atoms with van der Waals surface area (Å²) in [7, 11) is 0. The maximum absolute atomic E-state index is 12.4. The molecule has 0 fully saturated rings. The topological polar surface area (TPSA) is 116 Å². The van der Waals surface area contributed by atoms with Gasteiger partial charge in [-0.15, -0.1) is 0 Å². The van der Waals surface area contributed by atoms with Gasteiger partial charge in [0.05, 0.1) is 13.0 Å². The Bertz CT molecular complexity index is 876. The molecule has 0 saturated heterocycles. The third kappa shape index (κ3) is 5.53. The molecule has 2 rings (SSSR count). The van der Waals surface area contributed by atoms with Gasteiger partial charge < -0.3 is 20.8 Å². The van der Waals surface area contributed by atoms with Crippen molar-refractivity contribution in [1.29, 1.82) is 0 Å². The van der Waals surface area contributed by atoms with Crippen LogP contribution in [0, 0.1) is 5.92 Å². The number of hydrogen-bond acceptors (Lipinski definition) is 4. The number of fused-ring (bicyclic) bond motifs is 1. The van der Waals surface area contributed by atoms with Crippen molar-refractivity contribution < 1.29 is 24.6 Å². The molecule has 0 aromatic heterocycles. The van der Waals surface area contributed by atoms with E-state index in [9.17, 15) is 19.5 Å². The summed E-state index contributed by atoms with van der Waals surface area (Å²) in [6, 6.07) is 12.7. The van der Waals surface area contributed by atoms with Crippen LogP contribution in [0.25, 0.3) is 10.8 Å². The third-order valence-electron chi connectivity index (χ3n) is 4.51. The van der Waals surface area contributed by atoms with Gasteiger partial charge >= 0.3 is 5.97 Å². The van der Waals surface area contributed by atoms with Gasteiger partial charge in [0.1, 0.15) is 6.04 Å². The number of amides is 2. The number of carboxylic acids is 1. The van der Waals surface area contributed by atoms with E-state index < -0.39 is 30.1 Å². The van der Waals surface area contributed by atoms with Gasteiger partial charge in [0.2, 0.25) is 11.8 Å². The molecular formula is C21H26N2O5. The Morgan fingerprint density at radius 3 is 2.32 bits per heavy atom. The molecule has 0 heterocycles. The van der Waals surface area contributed by atoms with Gasteiger partial charge in [0, 0.05) is 0 Å². The van der Waals surface area contributed by atoms with Crippen LogP contribution >= 0.6 is 0 Å². The zero-order valence-electron chi connectivity index (χ0n) is 16.2. The summed E-state index contributed by atoms with van der Waals surface area (Å²) in [5, 5.41) is 25.8. The van der Waals surface area contributed by atoms with Gasteiger partial charge in [-0.2, -0.15) is 0 Å². The summed E-state index contributed by atoms with van der Waals surface area (Å²) in [6.07, 6.45) is 0.119. The first-order chi connectivity index (χ1) is 13.1. The molecule has 7 heteroatoms. The zero-order valence-corrected chi connectivity index (χ0v) is 16.2. The predicted molar refractivity (Wildman–Crippen MR) is 106 cm³/mol. The summed E-state index contributed by atoms with van der Waals surface area (Å²) < 4.78 is 0. The zero-order chi connectivity index (χ0) is 20.9. The molecule has 0 saturated carbocycles. The number of carbonyl (C=O) groups is 3. The molecule has 2 unspecified atom stereocenters. The van der Waals surface area contributed by atoms with Gasteiger partial charge in [0.25, 0.3) is 0 Å². The van der Waals surface area contributed by atoms with Crippen LogP contribution in [0.15, 0.2) is 42.5 Å². The molecule has 4 N–H and O–H groups in total. The highest BCUT2D eigenvalue weighted by Crippen LogP contribution is 2.16. The molecule has 0 aliphatic rings. The molecule has 7 nitrogen and oxygen atoms in total. The lowest BCUT2D eigenvalue weighted by Gasteiger charge is -2.24. The first kappa shape index (κ1) is 21.4. The standard InChI is InChI=1S/C21H26N2O5/c1-13(2)18(19(25)22-12-21(3,28)20(26)27)23-17(24)11-14-8-9-15-6-4-5-7-16(15)10-14/h4-10,13,18,28H,11-12H2,1-3H3,(H,22,25)(H,23,24)(H,26,27). The summed E-state index contributed by atoms with van der Waals surface area (Å²) in [4.78, 5) is 35.8. The number of aliphatic carboxylic acids is 1. The van der Waals surface area contributed by atoms with Crippen molar-refractivity contribution in [3.63, 3.8) is 0 Å². The summed E-state index contributed by atoms with van der Waals surface area (Å²) >= 11 is 0. The van der Waals surface area contributed by atoms with E-state index in [1.54, 1.807) is 13.8 Å². The lowest BCUT2D eigenvalue weighted by Crippen LogP contribution is -2.54. The predicted octanol–water partition coefficient (Wildman–Crippen LogP) is 1.47. The second-order valence-corrected chi connectivity index (χ2v) is 7.44. The molecule has 0 spiro atoms. The van der Waals surface area contributed by atoms with Crippen molar-refractivity contribution in [2.24, 2.45) is 5.92 Å². The molecule has 2 amide bonds. The minimum Gasteiger partial charge on any atom is -0.479 e. The largest absolute Gasteiger partial charge is 0.479 e. The van der Waals surface area contributed by atoms with Crippen LogP contribution in [0.3, 0.4) is 0 Å². The minimum atomic E-state index is -2.08. The highest BCUT2D eigenvalue weighted by atomic mass is 16.4. The fourth-order valence-electron chi connectivity index (χ4n) is 2.74. The van der Waals surface area contributed by atoms with E-state index >= 15 is 0 Å². The van der Waals surface area contributed by atoms with Crippen LogP contribution < -0.4 is 10.6 Å². The normalized spacial score (nSPS) is 14.3. The Kier molecular flexibility index (Phi) is 6.75. The number of benzene rings is 2. The molecule has 2 aromatic rings. The third-order valence-corrected chi connectivity index (χ3v) is 4.51. The summed E-state index contributed by atoms with van der Waals surface area (Å²) in [5.74, 6) is -2.50. The molecule has 0 radical (unpaired) electrons. The number of carboxylic acid groups (broad SMARTS) is 1. The fraction of sp³-hybridized carbons (Fsp3) is 0.381. The Morgan fingerprint density at radius 1 is 1.07 bits per heavy atom. The van der Waals surface area contributed by atoms with Crippen LogP contribution in [-0.2, 0) is 20.8 Å². The van der Waals surface area contributed by atoms with Crippen LogP contribution in [0.2, 0.25) is 0 Å². The van der Waals surface area contributed by atoms with E-state index in [2.05, 4.69) is 10.6 Å². The molecule has 0 aliphatic heterocycles. The van der Waals surface area contributed by atoms with Gasteiger partial charge in [-0.05, 0) is 29.2 Å². The van der Waals surface area contributed by atoms with Crippen LogP contribution in [0.4, 0.5) is 0 Å². The smallest absolute Gasteiger partial charge is 0.337 e. The molecule has 2 aromatic carbocycles. The van der Waals surface area contributed by atoms with E-state index in [-0.39, 0.29) is 18.2 Å². The molecular weight excluding hydrogens is 360 g/mol. The fourth-order valence-corrected chi connectivity index (χ4v) is 2.74. The van der Waals surface area contributed by atoms with Crippen LogP contribution in [0.1, 0.15) is 26.3 Å². The minimum absolute atomic E-state index is 0.119. The average Bonchev–Trinajstić information content (AvgIpc) is 2.63. The second-order valence-electron chi connectivity index (χ2n) is 7.44. The monoisotopic (exact) mass is 386 g/mol. The number of nitrogens with one attached hydrogen (secondary N) is 2. The van der Waals surface area contributed by atoms with E-state index in [0.717, 1.165) is 23.3 Å². The van der Waals surface area contributed by atoms with Crippen molar-refractivity contribution in [2.45, 2.75) is 38.8 Å². The second kappa shape index (κ2) is 8.84. The first-order valence-electron chi connectivity index (χ1n) is 9.10. The Labute approximate surface area is 163 Å². The highest BCUT2D eigenvalue weighted by Gasteiger charge is 2.32. The Morgan fingerprint density at radius 2 is 1.71 bits per heavy atom. The Balaban J connectivity index is 2.01. The highest BCUT2D eigenvalue weighted by molar-refractivity contribution is 5.90. The SMILES string of the molecule is CC(C)C(NC(=O)Cc1ccc2ccccc2c1)C(=O)NCC(C)(O)C(=O)O. The summed E-state index contributed by atoms with van der Waals surface area (Å²) in [5.41, 5.74) is -1.25. The van der Waals surface area contributed by atoms with E-state index in [1.165, 1.54) is 0 Å². The quantitative estimate of drug-likeness (QED) is 0.548. The maximum atomic E-state index is 12.4. The van der Waals surface area contributed by atoms with Gasteiger partial charge in [-0.25, -0.2) is 4.79 Å². The van der Waals surface area contributed by atoms with Crippen molar-refractivity contribution >= 4 is 28.6 Å². The first-order valence-corrected chi connectivity index (χ1v) is 9.10. The van der Waals surface area contributed by atoms with Gasteiger partial charge in [-0.1, -0.05) is 56.3 Å². The van der Waals surface area contributed by atoms with Gasteiger partial charge in [-0.3, -0.25) is 9.59 Å². The number of hydrogen-bond donors (Lipinski definition) is 4. The van der Waals surface area contributed by atoms with E-state index in [1.807, 2.05) is 42.5 Å². The lowest BCUT2D eigenvalue weighted by atomic mass is 10.0. The van der Waals surface area contributed by atoms with Crippen molar-refractivity contribution in [3.05, 3.63) is 48.0 Å². The van der Waals surface area contributed by atoms with Gasteiger partial charge in [0.15, 0.2) is 5.60 Å². The van der Waals surface area contributed by atoms with Crippen molar-refractivity contribution in [3.8, 4) is 0 Å². The molecule has 28 heavy (non-hydrogen) atoms. The summed E-state index contributed by atoms with van der Waals surface area (Å²) in [6.45, 7) is 4.19. The number of rotatable bonds is 8. The average molecular weight is 386 g/mol. The molecule has 150 valence electrons. The van der Waals surface area contributed by atoms with Crippen molar-refractivity contribution in [2.75, 3.05) is 6.54 Å². The van der Waals surface area contributed by atoms with E-state index in [0.29, 0.717) is 0 Å². The van der Waals surface area contributed by atoms with Crippen molar-refractivity contribution in [1.82, 2.24) is 10.6 Å².